The molecule has 19 heavy (non-hydrogen) atoms. The third kappa shape index (κ3) is 2.04. The lowest BCUT2D eigenvalue weighted by Crippen LogP contribution is -1.96. The Balaban J connectivity index is 2.11. The van der Waals surface area contributed by atoms with Crippen LogP contribution in [0.15, 0.2) is 48.7 Å². The van der Waals surface area contributed by atoms with Crippen LogP contribution in [0.4, 0.5) is 5.69 Å². The minimum absolute atomic E-state index is 0.0586. The first kappa shape index (κ1) is 11.7. The van der Waals surface area contributed by atoms with Crippen LogP contribution in [0.25, 0.3) is 16.6 Å². The van der Waals surface area contributed by atoms with Gasteiger partial charge in [0.25, 0.3) is 5.69 Å². The number of hydrogen-bond acceptors (Lipinski definition) is 3. The number of non-ortho nitro benzene ring substituents is 1. The molecule has 0 bridgehead atoms. The van der Waals surface area contributed by atoms with Gasteiger partial charge in [-0.1, -0.05) is 11.6 Å². The van der Waals surface area contributed by atoms with E-state index in [1.54, 1.807) is 29.1 Å². The number of nitrogens with zero attached hydrogens (tertiary/aromatic N) is 3. The van der Waals surface area contributed by atoms with Crippen LogP contribution in [0.1, 0.15) is 0 Å². The summed E-state index contributed by atoms with van der Waals surface area (Å²) in [5.74, 6) is 0. The Morgan fingerprint density at radius 1 is 1.16 bits per heavy atom. The van der Waals surface area contributed by atoms with Crippen molar-refractivity contribution in [3.05, 3.63) is 63.8 Å². The van der Waals surface area contributed by atoms with Gasteiger partial charge in [-0.2, -0.15) is 5.10 Å². The van der Waals surface area contributed by atoms with Crippen molar-refractivity contribution in [3.8, 4) is 5.69 Å². The Hall–Kier alpha value is -2.40. The molecule has 0 atom stereocenters. The first-order chi connectivity index (χ1) is 9.15. The van der Waals surface area contributed by atoms with Crippen LogP contribution in [0.3, 0.4) is 0 Å². The molecule has 0 spiro atoms. The molecule has 0 radical (unpaired) electrons. The molecule has 6 heteroatoms. The molecule has 0 N–H and O–H groups in total. The van der Waals surface area contributed by atoms with E-state index in [0.717, 1.165) is 16.6 Å². The standard InChI is InChI=1S/C13H8ClN3O2/c14-10-1-6-13-9(7-10)8-15-16(13)11-2-4-12(5-3-11)17(18)19/h1-8H. The van der Waals surface area contributed by atoms with Gasteiger partial charge in [-0.25, -0.2) is 4.68 Å². The molecule has 0 unspecified atom stereocenters. The summed E-state index contributed by atoms with van der Waals surface area (Å²) in [6.07, 6.45) is 1.71. The average molecular weight is 274 g/mol. The minimum Gasteiger partial charge on any atom is -0.258 e. The lowest BCUT2D eigenvalue weighted by molar-refractivity contribution is -0.384. The first-order valence-electron chi connectivity index (χ1n) is 5.53. The predicted molar refractivity (Wildman–Crippen MR) is 72.7 cm³/mol. The van der Waals surface area contributed by atoms with E-state index in [1.807, 2.05) is 12.1 Å². The second kappa shape index (κ2) is 4.37. The Kier molecular flexibility index (Phi) is 2.68. The molecule has 1 heterocycles. The minimum atomic E-state index is -0.426. The van der Waals surface area contributed by atoms with Crippen molar-refractivity contribution < 1.29 is 4.92 Å². The fourth-order valence-electron chi connectivity index (χ4n) is 1.93. The van der Waals surface area contributed by atoms with Crippen LogP contribution in [0.2, 0.25) is 5.02 Å². The SMILES string of the molecule is O=[N+]([O-])c1ccc(-n2ncc3cc(Cl)ccc32)cc1. The summed E-state index contributed by atoms with van der Waals surface area (Å²) in [6.45, 7) is 0. The molecule has 0 saturated carbocycles. The van der Waals surface area contributed by atoms with Crippen molar-refractivity contribution in [3.63, 3.8) is 0 Å². The number of rotatable bonds is 2. The van der Waals surface area contributed by atoms with E-state index in [9.17, 15) is 10.1 Å². The van der Waals surface area contributed by atoms with Gasteiger partial charge in [0, 0.05) is 22.5 Å². The topological polar surface area (TPSA) is 61.0 Å². The zero-order chi connectivity index (χ0) is 13.4. The van der Waals surface area contributed by atoms with E-state index in [1.165, 1.54) is 12.1 Å². The molecular weight excluding hydrogens is 266 g/mol. The molecule has 0 saturated heterocycles. The largest absolute Gasteiger partial charge is 0.269 e. The van der Waals surface area contributed by atoms with Gasteiger partial charge in [-0.05, 0) is 30.3 Å². The number of nitro groups is 1. The van der Waals surface area contributed by atoms with Gasteiger partial charge in [0.15, 0.2) is 0 Å². The summed E-state index contributed by atoms with van der Waals surface area (Å²) in [6, 6.07) is 11.7. The molecular formula is C13H8ClN3O2. The number of hydrogen-bond donors (Lipinski definition) is 0. The molecule has 0 aliphatic heterocycles. The van der Waals surface area contributed by atoms with Gasteiger partial charge >= 0.3 is 0 Å². The quantitative estimate of drug-likeness (QED) is 0.529. The van der Waals surface area contributed by atoms with Gasteiger partial charge in [0.05, 0.1) is 22.3 Å². The maximum absolute atomic E-state index is 10.6. The van der Waals surface area contributed by atoms with Crippen LogP contribution < -0.4 is 0 Å². The Morgan fingerprint density at radius 3 is 2.58 bits per heavy atom. The van der Waals surface area contributed by atoms with E-state index >= 15 is 0 Å². The number of fused-ring (bicyclic) bond motifs is 1. The number of nitro benzene ring substituents is 1. The molecule has 0 aliphatic rings. The summed E-state index contributed by atoms with van der Waals surface area (Å²) in [4.78, 5) is 10.2. The van der Waals surface area contributed by atoms with Crippen LogP contribution in [0.5, 0.6) is 0 Å². The first-order valence-corrected chi connectivity index (χ1v) is 5.91. The highest BCUT2D eigenvalue weighted by Gasteiger charge is 2.08. The normalized spacial score (nSPS) is 10.8. The molecule has 1 aromatic heterocycles. The van der Waals surface area contributed by atoms with E-state index in [4.69, 9.17) is 11.6 Å². The van der Waals surface area contributed by atoms with Gasteiger partial charge in [-0.15, -0.1) is 0 Å². The molecule has 0 aliphatic carbocycles. The third-order valence-electron chi connectivity index (χ3n) is 2.84. The molecule has 0 amide bonds. The zero-order valence-corrected chi connectivity index (χ0v) is 10.4. The highest BCUT2D eigenvalue weighted by Crippen LogP contribution is 2.23. The predicted octanol–water partition coefficient (Wildman–Crippen LogP) is 3.59. The summed E-state index contributed by atoms with van der Waals surface area (Å²) >= 11 is 5.92. The number of benzene rings is 2. The molecule has 5 nitrogen and oxygen atoms in total. The molecule has 3 rings (SSSR count). The molecule has 2 aromatic carbocycles. The van der Waals surface area contributed by atoms with Crippen molar-refractivity contribution in [2.75, 3.05) is 0 Å². The fraction of sp³-hybridized carbons (Fsp3) is 0. The van der Waals surface area contributed by atoms with Gasteiger partial charge < -0.3 is 0 Å². The van der Waals surface area contributed by atoms with E-state index < -0.39 is 4.92 Å². The summed E-state index contributed by atoms with van der Waals surface area (Å²) in [5, 5.41) is 16.5. The van der Waals surface area contributed by atoms with Gasteiger partial charge in [-0.3, -0.25) is 10.1 Å². The lowest BCUT2D eigenvalue weighted by Gasteiger charge is -2.03. The average Bonchev–Trinajstić information content (AvgIpc) is 2.81. The van der Waals surface area contributed by atoms with Crippen LogP contribution in [-0.2, 0) is 0 Å². The van der Waals surface area contributed by atoms with Crippen LogP contribution >= 0.6 is 11.6 Å². The van der Waals surface area contributed by atoms with Gasteiger partial charge in [0.1, 0.15) is 0 Å². The van der Waals surface area contributed by atoms with E-state index in [2.05, 4.69) is 5.10 Å². The van der Waals surface area contributed by atoms with Crippen LogP contribution in [0, 0.1) is 10.1 Å². The smallest absolute Gasteiger partial charge is 0.258 e. The summed E-state index contributed by atoms with van der Waals surface area (Å²) < 4.78 is 1.72. The lowest BCUT2D eigenvalue weighted by atomic mass is 10.2. The van der Waals surface area contributed by atoms with Gasteiger partial charge in [0.2, 0.25) is 0 Å². The second-order valence-corrected chi connectivity index (χ2v) is 4.47. The maximum atomic E-state index is 10.6. The maximum Gasteiger partial charge on any atom is 0.269 e. The Bertz CT molecular complexity index is 765. The fourth-order valence-corrected chi connectivity index (χ4v) is 2.11. The van der Waals surface area contributed by atoms with Crippen molar-refractivity contribution in [2.24, 2.45) is 0 Å². The zero-order valence-electron chi connectivity index (χ0n) is 9.65. The highest BCUT2D eigenvalue weighted by atomic mass is 35.5. The Morgan fingerprint density at radius 2 is 1.89 bits per heavy atom. The monoisotopic (exact) mass is 273 g/mol. The number of aromatic nitrogens is 2. The van der Waals surface area contributed by atoms with Crippen molar-refractivity contribution in [1.82, 2.24) is 9.78 Å². The third-order valence-corrected chi connectivity index (χ3v) is 3.07. The van der Waals surface area contributed by atoms with Crippen molar-refractivity contribution in [1.29, 1.82) is 0 Å². The molecule has 0 fully saturated rings. The highest BCUT2D eigenvalue weighted by molar-refractivity contribution is 6.31. The van der Waals surface area contributed by atoms with E-state index in [-0.39, 0.29) is 5.69 Å². The summed E-state index contributed by atoms with van der Waals surface area (Å²) in [7, 11) is 0. The van der Waals surface area contributed by atoms with Crippen molar-refractivity contribution >= 4 is 28.2 Å². The second-order valence-electron chi connectivity index (χ2n) is 4.03. The number of halogens is 1. The Labute approximate surface area is 113 Å². The summed E-state index contributed by atoms with van der Waals surface area (Å²) in [5.41, 5.74) is 1.73. The van der Waals surface area contributed by atoms with Crippen molar-refractivity contribution in [2.45, 2.75) is 0 Å². The molecule has 3 aromatic rings. The van der Waals surface area contributed by atoms with Crippen LogP contribution in [-0.4, -0.2) is 14.7 Å². The van der Waals surface area contributed by atoms with E-state index in [0.29, 0.717) is 5.02 Å². The molecule has 94 valence electrons.